The van der Waals surface area contributed by atoms with Crippen LogP contribution in [0.1, 0.15) is 27.5 Å². The fourth-order valence-corrected chi connectivity index (χ4v) is 4.37. The van der Waals surface area contributed by atoms with Crippen LogP contribution in [0.25, 0.3) is 16.7 Å². The summed E-state index contributed by atoms with van der Waals surface area (Å²) in [7, 11) is 0. The van der Waals surface area contributed by atoms with Gasteiger partial charge in [-0.25, -0.2) is 0 Å². The summed E-state index contributed by atoms with van der Waals surface area (Å²) in [6, 6.07) is 18.6. The molecule has 0 saturated carbocycles. The highest BCUT2D eigenvalue weighted by Crippen LogP contribution is 2.28. The van der Waals surface area contributed by atoms with Gasteiger partial charge in [0.25, 0.3) is 5.91 Å². The van der Waals surface area contributed by atoms with Gasteiger partial charge in [-0.15, -0.1) is 10.2 Å². The van der Waals surface area contributed by atoms with Crippen molar-refractivity contribution in [1.29, 1.82) is 0 Å². The topological polar surface area (TPSA) is 90.5 Å². The van der Waals surface area contributed by atoms with Crippen LogP contribution in [0.2, 0.25) is 10.0 Å². The zero-order valence-corrected chi connectivity index (χ0v) is 19.6. The quantitative estimate of drug-likeness (QED) is 0.373. The molecule has 3 aromatic carbocycles. The number of rotatable bonds is 6. The molecule has 0 aliphatic heterocycles. The summed E-state index contributed by atoms with van der Waals surface area (Å²) in [5.41, 5.74) is 4.49. The zero-order valence-electron chi connectivity index (χ0n) is 18.1. The van der Waals surface area contributed by atoms with Crippen molar-refractivity contribution in [2.24, 2.45) is 0 Å². The van der Waals surface area contributed by atoms with E-state index in [0.717, 1.165) is 22.2 Å². The molecule has 0 unspecified atom stereocenters. The van der Waals surface area contributed by atoms with Gasteiger partial charge in [-0.05, 0) is 42.3 Å². The van der Waals surface area contributed by atoms with Crippen molar-refractivity contribution in [2.45, 2.75) is 13.0 Å². The van der Waals surface area contributed by atoms with E-state index in [-0.39, 0.29) is 28.2 Å². The maximum absolute atomic E-state index is 13.1. The van der Waals surface area contributed by atoms with Gasteiger partial charge >= 0.3 is 0 Å². The molecule has 1 N–H and O–H groups in total. The smallest absolute Gasteiger partial charge is 0.254 e. The highest BCUT2D eigenvalue weighted by molar-refractivity contribution is 6.40. The highest BCUT2D eigenvalue weighted by Gasteiger charge is 2.21. The first kappa shape index (κ1) is 22.1. The lowest BCUT2D eigenvalue weighted by atomic mass is 10.1. The number of fused-ring (bicyclic) bond motifs is 1. The number of halogens is 2. The zero-order chi connectivity index (χ0) is 23.7. The number of benzene rings is 3. The maximum Gasteiger partial charge on any atom is 0.254 e. The number of aryl methyl sites for hydroxylation is 1. The summed E-state index contributed by atoms with van der Waals surface area (Å²) >= 11 is 12.9. The second kappa shape index (κ2) is 9.24. The molecule has 10 heteroatoms. The molecular weight excluding hydrogens is 473 g/mol. The van der Waals surface area contributed by atoms with E-state index in [2.05, 4.69) is 25.7 Å². The summed E-state index contributed by atoms with van der Waals surface area (Å²) < 4.78 is 1.65. The van der Waals surface area contributed by atoms with Gasteiger partial charge in [0.05, 0.1) is 21.3 Å². The average molecular weight is 492 g/mol. The molecule has 0 aliphatic carbocycles. The van der Waals surface area contributed by atoms with Crippen LogP contribution in [0.3, 0.4) is 0 Å². The SMILES string of the molecule is Cc1ccc2nn([C@@H](CNC(=O)c3c(Cl)cc(-n4cnnc4)cc3Cl)c3ccccc3)nc2c1. The number of carbonyl (C=O) groups excluding carboxylic acids is 1. The van der Waals surface area contributed by atoms with Crippen LogP contribution in [-0.4, -0.2) is 42.2 Å². The Hall–Kier alpha value is -3.75. The second-order valence-electron chi connectivity index (χ2n) is 7.80. The molecule has 5 aromatic rings. The first-order valence-electron chi connectivity index (χ1n) is 10.5. The average Bonchev–Trinajstić information content (AvgIpc) is 3.49. The molecule has 0 radical (unpaired) electrons. The molecule has 0 fully saturated rings. The molecular formula is C24H19Cl2N7O. The van der Waals surface area contributed by atoms with E-state index in [4.69, 9.17) is 23.2 Å². The molecule has 0 aliphatic rings. The van der Waals surface area contributed by atoms with Gasteiger partial charge in [0.1, 0.15) is 29.7 Å². The third kappa shape index (κ3) is 4.37. The standard InChI is InChI=1S/C24H19Cl2N7O/c1-15-7-8-20-21(9-15)31-33(30-20)22(16-5-3-2-4-6-16)12-27-24(34)23-18(25)10-17(11-19(23)26)32-13-28-29-14-32/h2-11,13-14,22H,12H2,1H3,(H,27,34)/t22-/m0/s1. The molecule has 0 spiro atoms. The molecule has 1 amide bonds. The van der Waals surface area contributed by atoms with Gasteiger partial charge in [-0.3, -0.25) is 9.36 Å². The molecule has 8 nitrogen and oxygen atoms in total. The predicted molar refractivity (Wildman–Crippen MR) is 131 cm³/mol. The minimum atomic E-state index is -0.390. The van der Waals surface area contributed by atoms with Crippen molar-refractivity contribution in [2.75, 3.05) is 6.54 Å². The fourth-order valence-electron chi connectivity index (χ4n) is 3.73. The molecule has 1 atom stereocenters. The van der Waals surface area contributed by atoms with Crippen molar-refractivity contribution >= 4 is 40.1 Å². The lowest BCUT2D eigenvalue weighted by molar-refractivity contribution is 0.0949. The number of amides is 1. The first-order valence-corrected chi connectivity index (χ1v) is 11.3. The Morgan fingerprint density at radius 2 is 1.62 bits per heavy atom. The van der Waals surface area contributed by atoms with Crippen molar-refractivity contribution < 1.29 is 4.79 Å². The van der Waals surface area contributed by atoms with Crippen molar-refractivity contribution in [3.8, 4) is 5.69 Å². The van der Waals surface area contributed by atoms with Crippen molar-refractivity contribution in [3.63, 3.8) is 0 Å². The molecule has 34 heavy (non-hydrogen) atoms. The number of hydrogen-bond donors (Lipinski definition) is 1. The fraction of sp³-hybridized carbons (Fsp3) is 0.125. The molecule has 2 heterocycles. The van der Waals surface area contributed by atoms with Crippen LogP contribution in [0.15, 0.2) is 73.3 Å². The Labute approximate surface area is 205 Å². The van der Waals surface area contributed by atoms with E-state index >= 15 is 0 Å². The largest absolute Gasteiger partial charge is 0.349 e. The molecule has 5 rings (SSSR count). The van der Waals surface area contributed by atoms with Crippen LogP contribution in [-0.2, 0) is 0 Å². The Kier molecular flexibility index (Phi) is 6.00. The monoisotopic (exact) mass is 491 g/mol. The van der Waals surface area contributed by atoms with E-state index in [0.29, 0.717) is 5.69 Å². The molecule has 0 bridgehead atoms. The third-order valence-corrected chi connectivity index (χ3v) is 6.04. The van der Waals surface area contributed by atoms with Gasteiger partial charge < -0.3 is 5.32 Å². The van der Waals surface area contributed by atoms with E-state index in [1.54, 1.807) is 21.5 Å². The number of nitrogens with zero attached hydrogens (tertiary/aromatic N) is 6. The van der Waals surface area contributed by atoms with E-state index in [9.17, 15) is 4.79 Å². The Morgan fingerprint density at radius 3 is 2.32 bits per heavy atom. The van der Waals surface area contributed by atoms with Crippen molar-refractivity contribution in [3.05, 3.63) is 100 Å². The summed E-state index contributed by atoms with van der Waals surface area (Å²) in [6.07, 6.45) is 3.05. The minimum absolute atomic E-state index is 0.196. The summed E-state index contributed by atoms with van der Waals surface area (Å²) in [5, 5.41) is 20.3. The predicted octanol–water partition coefficient (Wildman–Crippen LogP) is 4.65. The Bertz CT molecular complexity index is 1440. The first-order chi connectivity index (χ1) is 16.5. The molecule has 2 aromatic heterocycles. The van der Waals surface area contributed by atoms with Crippen LogP contribution >= 0.6 is 23.2 Å². The van der Waals surface area contributed by atoms with E-state index in [1.807, 2.05) is 55.5 Å². The van der Waals surface area contributed by atoms with Crippen LogP contribution in [0.4, 0.5) is 0 Å². The van der Waals surface area contributed by atoms with Gasteiger partial charge in [0, 0.05) is 6.54 Å². The summed E-state index contributed by atoms with van der Waals surface area (Å²) in [5.74, 6) is -0.390. The van der Waals surface area contributed by atoms with Crippen LogP contribution in [0.5, 0.6) is 0 Å². The number of hydrogen-bond acceptors (Lipinski definition) is 5. The number of aromatic nitrogens is 6. The van der Waals surface area contributed by atoms with Gasteiger partial charge in [-0.1, -0.05) is 59.6 Å². The van der Waals surface area contributed by atoms with Crippen molar-refractivity contribution in [1.82, 2.24) is 35.1 Å². The lowest BCUT2D eigenvalue weighted by Crippen LogP contribution is -2.32. The van der Waals surface area contributed by atoms with Gasteiger partial charge in [0.15, 0.2) is 0 Å². The summed E-state index contributed by atoms with van der Waals surface area (Å²) in [6.45, 7) is 2.25. The summed E-state index contributed by atoms with van der Waals surface area (Å²) in [4.78, 5) is 14.7. The van der Waals surface area contributed by atoms with Crippen LogP contribution < -0.4 is 5.32 Å². The number of carbonyl (C=O) groups is 1. The second-order valence-corrected chi connectivity index (χ2v) is 8.62. The molecule has 0 saturated heterocycles. The van der Waals surface area contributed by atoms with Gasteiger partial charge in [0.2, 0.25) is 0 Å². The lowest BCUT2D eigenvalue weighted by Gasteiger charge is -2.18. The van der Waals surface area contributed by atoms with E-state index < -0.39 is 5.91 Å². The third-order valence-electron chi connectivity index (χ3n) is 5.44. The Balaban J connectivity index is 1.43. The normalized spacial score (nSPS) is 12.1. The van der Waals surface area contributed by atoms with Gasteiger partial charge in [-0.2, -0.15) is 15.0 Å². The Morgan fingerprint density at radius 1 is 0.941 bits per heavy atom. The highest BCUT2D eigenvalue weighted by atomic mass is 35.5. The van der Waals surface area contributed by atoms with Crippen LogP contribution in [0, 0.1) is 6.92 Å². The minimum Gasteiger partial charge on any atom is -0.349 e. The van der Waals surface area contributed by atoms with E-state index in [1.165, 1.54) is 12.7 Å². The molecule has 170 valence electrons. The maximum atomic E-state index is 13.1. The number of nitrogens with one attached hydrogen (secondary N) is 1.